The monoisotopic (exact) mass is 434 g/mol. The number of likely N-dealkylation sites (tertiary alicyclic amines) is 1. The summed E-state index contributed by atoms with van der Waals surface area (Å²) in [5.74, 6) is 0. The number of ether oxygens (including phenoxy) is 1. The molecular weight excluding hydrogens is 396 g/mol. The van der Waals surface area contributed by atoms with Gasteiger partial charge < -0.3 is 4.74 Å². The van der Waals surface area contributed by atoms with Crippen LogP contribution in [-0.4, -0.2) is 45.4 Å². The van der Waals surface area contributed by atoms with Crippen LogP contribution in [0.5, 0.6) is 0 Å². The van der Waals surface area contributed by atoms with Gasteiger partial charge in [-0.2, -0.15) is 5.10 Å². The van der Waals surface area contributed by atoms with Crippen LogP contribution in [0.2, 0.25) is 0 Å². The Morgan fingerprint density at radius 3 is 2.62 bits per heavy atom. The number of hydrogen-bond donors (Lipinski definition) is 1. The number of rotatable bonds is 8. The number of aromatic amines is 1. The SMILES string of the molecule is CCOC(C)(C)C1(CCc2[nH]nc3ccccc23)CCN(C(C)(C)c2ccc(C)nc2)C1. The second kappa shape index (κ2) is 8.60. The van der Waals surface area contributed by atoms with Crippen molar-refractivity contribution in [1.82, 2.24) is 20.1 Å². The summed E-state index contributed by atoms with van der Waals surface area (Å²) < 4.78 is 6.39. The van der Waals surface area contributed by atoms with Crippen LogP contribution in [-0.2, 0) is 16.7 Å². The van der Waals surface area contributed by atoms with Crippen LogP contribution >= 0.6 is 0 Å². The second-order valence-corrected chi connectivity index (χ2v) is 10.4. The Morgan fingerprint density at radius 2 is 1.91 bits per heavy atom. The lowest BCUT2D eigenvalue weighted by Crippen LogP contribution is -2.50. The third kappa shape index (κ3) is 4.08. The zero-order chi connectivity index (χ0) is 23.0. The number of nitrogens with one attached hydrogen (secondary N) is 1. The third-order valence-corrected chi connectivity index (χ3v) is 7.94. The number of benzene rings is 1. The topological polar surface area (TPSA) is 54.0 Å². The van der Waals surface area contributed by atoms with Crippen LogP contribution in [0.1, 0.15) is 64.4 Å². The third-order valence-electron chi connectivity index (χ3n) is 7.94. The molecule has 5 nitrogen and oxygen atoms in total. The fourth-order valence-corrected chi connectivity index (χ4v) is 5.44. The molecule has 1 N–H and O–H groups in total. The Balaban J connectivity index is 1.60. The van der Waals surface area contributed by atoms with Crippen molar-refractivity contribution in [3.63, 3.8) is 0 Å². The van der Waals surface area contributed by atoms with Gasteiger partial charge in [-0.15, -0.1) is 0 Å². The molecule has 1 atom stereocenters. The Bertz CT molecular complexity index is 1050. The predicted molar refractivity (Wildman–Crippen MR) is 131 cm³/mol. The van der Waals surface area contributed by atoms with Crippen LogP contribution in [0.15, 0.2) is 42.6 Å². The summed E-state index contributed by atoms with van der Waals surface area (Å²) in [7, 11) is 0. The highest BCUT2D eigenvalue weighted by molar-refractivity contribution is 5.81. The van der Waals surface area contributed by atoms with Crippen LogP contribution < -0.4 is 0 Å². The number of aryl methyl sites for hydroxylation is 2. The number of pyridine rings is 1. The maximum atomic E-state index is 6.39. The number of hydrogen-bond acceptors (Lipinski definition) is 4. The fraction of sp³-hybridized carbons (Fsp3) is 0.556. The Labute approximate surface area is 192 Å². The molecule has 1 fully saturated rings. The van der Waals surface area contributed by atoms with Gasteiger partial charge in [0.1, 0.15) is 0 Å². The van der Waals surface area contributed by atoms with E-state index in [-0.39, 0.29) is 16.6 Å². The van der Waals surface area contributed by atoms with E-state index in [2.05, 4.69) is 85.0 Å². The maximum Gasteiger partial charge on any atom is 0.0923 e. The highest BCUT2D eigenvalue weighted by atomic mass is 16.5. The van der Waals surface area contributed by atoms with Crippen molar-refractivity contribution in [3.05, 3.63) is 59.5 Å². The molecule has 1 unspecified atom stereocenters. The van der Waals surface area contributed by atoms with Crippen LogP contribution in [0.3, 0.4) is 0 Å². The van der Waals surface area contributed by atoms with Crippen LogP contribution in [0.4, 0.5) is 0 Å². The van der Waals surface area contributed by atoms with Gasteiger partial charge in [0.15, 0.2) is 0 Å². The number of nitrogens with zero attached hydrogens (tertiary/aromatic N) is 3. The standard InChI is InChI=1S/C27H38N4O/c1-7-32-26(5,6)27(15-14-24-22-10-8-9-11-23(22)29-30-24)16-17-31(19-27)25(3,4)21-13-12-20(2)28-18-21/h8-13,18H,7,14-17,19H2,1-6H3,(H,29,30). The van der Waals surface area contributed by atoms with Gasteiger partial charge >= 0.3 is 0 Å². The molecule has 5 heteroatoms. The van der Waals surface area contributed by atoms with Crippen LogP contribution in [0, 0.1) is 12.3 Å². The number of aromatic nitrogens is 3. The summed E-state index contributed by atoms with van der Waals surface area (Å²) >= 11 is 0. The van der Waals surface area contributed by atoms with Gasteiger partial charge in [0.2, 0.25) is 0 Å². The number of para-hydroxylation sites is 1. The van der Waals surface area contributed by atoms with Gasteiger partial charge in [-0.1, -0.05) is 24.3 Å². The molecule has 172 valence electrons. The fourth-order valence-electron chi connectivity index (χ4n) is 5.44. The molecule has 0 spiro atoms. The quantitative estimate of drug-likeness (QED) is 0.498. The Kier molecular flexibility index (Phi) is 6.17. The molecule has 3 aromatic rings. The summed E-state index contributed by atoms with van der Waals surface area (Å²) in [4.78, 5) is 7.20. The first-order valence-electron chi connectivity index (χ1n) is 11.9. The lowest BCUT2D eigenvalue weighted by molar-refractivity contribution is -0.109. The number of H-pyrrole nitrogens is 1. The van der Waals surface area contributed by atoms with Gasteiger partial charge in [-0.25, -0.2) is 0 Å². The normalized spacial score (nSPS) is 20.3. The van der Waals surface area contributed by atoms with E-state index in [1.165, 1.54) is 16.6 Å². The molecule has 0 bridgehead atoms. The van der Waals surface area contributed by atoms with E-state index >= 15 is 0 Å². The molecule has 0 saturated carbocycles. The minimum Gasteiger partial charge on any atom is -0.375 e. The first-order valence-corrected chi connectivity index (χ1v) is 11.9. The number of fused-ring (bicyclic) bond motifs is 1. The van der Waals surface area contributed by atoms with Crippen molar-refractivity contribution in [1.29, 1.82) is 0 Å². The van der Waals surface area contributed by atoms with Crippen molar-refractivity contribution in [2.24, 2.45) is 5.41 Å². The Hall–Kier alpha value is -2.24. The lowest BCUT2D eigenvalue weighted by atomic mass is 9.69. The molecule has 0 radical (unpaired) electrons. The zero-order valence-electron chi connectivity index (χ0n) is 20.5. The van der Waals surface area contributed by atoms with E-state index in [1.807, 2.05) is 19.2 Å². The first kappa shape index (κ1) is 22.9. The van der Waals surface area contributed by atoms with E-state index in [9.17, 15) is 0 Å². The molecule has 0 aliphatic carbocycles. The molecule has 1 aliphatic heterocycles. The van der Waals surface area contributed by atoms with Crippen LogP contribution in [0.25, 0.3) is 10.9 Å². The van der Waals surface area contributed by atoms with Crippen molar-refractivity contribution in [2.45, 2.75) is 71.9 Å². The molecular formula is C27H38N4O. The predicted octanol–water partition coefficient (Wildman–Crippen LogP) is 5.64. The van der Waals surface area contributed by atoms with E-state index in [0.29, 0.717) is 0 Å². The summed E-state index contributed by atoms with van der Waals surface area (Å²) in [6.45, 7) is 16.2. The lowest BCUT2D eigenvalue weighted by Gasteiger charge is -2.46. The summed E-state index contributed by atoms with van der Waals surface area (Å²) in [6, 6.07) is 12.7. The second-order valence-electron chi connectivity index (χ2n) is 10.4. The van der Waals surface area contributed by atoms with Gasteiger partial charge in [-0.05, 0) is 85.0 Å². The molecule has 4 rings (SSSR count). The molecule has 3 heterocycles. The smallest absolute Gasteiger partial charge is 0.0923 e. The summed E-state index contributed by atoms with van der Waals surface area (Å²) in [5, 5.41) is 9.04. The van der Waals surface area contributed by atoms with Crippen molar-refractivity contribution in [3.8, 4) is 0 Å². The first-order chi connectivity index (χ1) is 15.2. The van der Waals surface area contributed by atoms with E-state index in [0.717, 1.165) is 50.2 Å². The van der Waals surface area contributed by atoms with E-state index < -0.39 is 0 Å². The van der Waals surface area contributed by atoms with E-state index in [4.69, 9.17) is 4.74 Å². The summed E-state index contributed by atoms with van der Waals surface area (Å²) in [5.41, 5.74) is 4.37. The molecule has 32 heavy (non-hydrogen) atoms. The van der Waals surface area contributed by atoms with Gasteiger partial charge in [-0.3, -0.25) is 15.0 Å². The molecule has 1 aromatic carbocycles. The molecule has 0 amide bonds. The summed E-state index contributed by atoms with van der Waals surface area (Å²) in [6.07, 6.45) is 5.19. The van der Waals surface area contributed by atoms with Crippen molar-refractivity contribution < 1.29 is 4.74 Å². The minimum atomic E-state index is -0.214. The van der Waals surface area contributed by atoms with Crippen molar-refractivity contribution >= 4 is 10.9 Å². The highest BCUT2D eigenvalue weighted by Crippen LogP contribution is 2.49. The van der Waals surface area contributed by atoms with Gasteiger partial charge in [0, 0.05) is 47.1 Å². The Morgan fingerprint density at radius 1 is 1.12 bits per heavy atom. The van der Waals surface area contributed by atoms with Crippen molar-refractivity contribution in [2.75, 3.05) is 19.7 Å². The minimum absolute atomic E-state index is 0.0601. The largest absolute Gasteiger partial charge is 0.375 e. The average Bonchev–Trinajstić information content (AvgIpc) is 3.39. The van der Waals surface area contributed by atoms with E-state index in [1.54, 1.807) is 0 Å². The molecule has 2 aromatic heterocycles. The molecule has 1 saturated heterocycles. The van der Waals surface area contributed by atoms with Gasteiger partial charge in [0.05, 0.1) is 11.1 Å². The molecule has 1 aliphatic rings. The zero-order valence-corrected chi connectivity index (χ0v) is 20.5. The highest BCUT2D eigenvalue weighted by Gasteiger charge is 2.52. The van der Waals surface area contributed by atoms with Gasteiger partial charge in [0.25, 0.3) is 0 Å². The maximum absolute atomic E-state index is 6.39. The average molecular weight is 435 g/mol.